The molecule has 0 saturated carbocycles. The Morgan fingerprint density at radius 1 is 1.03 bits per heavy atom. The van der Waals surface area contributed by atoms with Gasteiger partial charge in [0.05, 0.1) is 18.3 Å². The van der Waals surface area contributed by atoms with Crippen LogP contribution in [0, 0.1) is 6.92 Å². The number of rotatable bonds is 11. The van der Waals surface area contributed by atoms with Crippen molar-refractivity contribution in [3.05, 3.63) is 87.9 Å². The Hall–Kier alpha value is -3.29. The number of methoxy groups -OCH3 is 1. The largest absolute Gasteiger partial charge is 0.493 e. The van der Waals surface area contributed by atoms with Crippen molar-refractivity contribution >= 4 is 35.1 Å². The van der Waals surface area contributed by atoms with Crippen LogP contribution in [0.5, 0.6) is 17.2 Å². The number of ether oxygens (including phenoxy) is 3. The lowest BCUT2D eigenvalue weighted by Crippen LogP contribution is -2.31. The highest BCUT2D eigenvalue weighted by Crippen LogP contribution is 2.36. The first-order valence-corrected chi connectivity index (χ1v) is 12.5. The van der Waals surface area contributed by atoms with Gasteiger partial charge in [-0.15, -0.1) is 0 Å². The molecule has 0 amide bonds. The normalized spacial score (nSPS) is 10.9. The maximum Gasteiger partial charge on any atom is 0.187 e. The number of hydrogen-bond acceptors (Lipinski definition) is 5. The topological polar surface area (TPSA) is 64.1 Å². The minimum atomic E-state index is 0.317. The minimum absolute atomic E-state index is 0.317. The average Bonchev–Trinajstić information content (AvgIpc) is 2.86. The van der Waals surface area contributed by atoms with E-state index in [2.05, 4.69) is 41.8 Å². The van der Waals surface area contributed by atoms with Crippen LogP contribution in [-0.4, -0.2) is 31.7 Å². The zero-order valence-corrected chi connectivity index (χ0v) is 22.6. The number of thiocarbonyl (C=S) groups is 1. The van der Waals surface area contributed by atoms with E-state index in [4.69, 9.17) is 38.0 Å². The van der Waals surface area contributed by atoms with Gasteiger partial charge in [0.1, 0.15) is 19.0 Å². The highest BCUT2D eigenvalue weighted by molar-refractivity contribution is 7.80. The molecule has 0 unspecified atom stereocenters. The maximum absolute atomic E-state index is 6.49. The van der Waals surface area contributed by atoms with Gasteiger partial charge in [0, 0.05) is 6.54 Å². The Kier molecular flexibility index (Phi) is 10.4. The van der Waals surface area contributed by atoms with Gasteiger partial charge < -0.3 is 19.5 Å². The molecule has 0 heterocycles. The number of hydrogen-bond donors (Lipinski definition) is 2. The second-order valence-electron chi connectivity index (χ2n) is 8.47. The summed E-state index contributed by atoms with van der Waals surface area (Å²) in [6, 6.07) is 19.8. The second-order valence-corrected chi connectivity index (χ2v) is 9.28. The Balaban J connectivity index is 1.53. The van der Waals surface area contributed by atoms with Crippen LogP contribution in [0.25, 0.3) is 0 Å². The van der Waals surface area contributed by atoms with Crippen LogP contribution in [-0.2, 0) is 6.54 Å². The van der Waals surface area contributed by atoms with Crippen molar-refractivity contribution < 1.29 is 14.2 Å². The third-order valence-electron chi connectivity index (χ3n) is 5.31. The SMILES string of the molecule is COc1cc(/C=N\NC(=S)NCc2ccccc2)cc(Cl)c1OCCOc1cc(C)ccc1C(C)C. The molecule has 0 aliphatic carbocycles. The molecule has 0 fully saturated rings. The first-order valence-electron chi connectivity index (χ1n) is 11.7. The summed E-state index contributed by atoms with van der Waals surface area (Å²) < 4.78 is 17.4. The van der Waals surface area contributed by atoms with Crippen LogP contribution < -0.4 is 25.0 Å². The summed E-state index contributed by atoms with van der Waals surface area (Å²) in [7, 11) is 1.57. The molecule has 190 valence electrons. The molecule has 8 heteroatoms. The molecule has 2 N–H and O–H groups in total. The third kappa shape index (κ3) is 8.14. The zero-order valence-electron chi connectivity index (χ0n) is 21.0. The minimum Gasteiger partial charge on any atom is -0.493 e. The Bertz CT molecular complexity index is 1190. The van der Waals surface area contributed by atoms with Crippen molar-refractivity contribution in [3.8, 4) is 17.2 Å². The molecule has 0 atom stereocenters. The Labute approximate surface area is 223 Å². The molecule has 0 bridgehead atoms. The van der Waals surface area contributed by atoms with Gasteiger partial charge in [-0.1, -0.05) is 67.9 Å². The van der Waals surface area contributed by atoms with E-state index >= 15 is 0 Å². The van der Waals surface area contributed by atoms with E-state index < -0.39 is 0 Å². The predicted octanol–water partition coefficient (Wildman–Crippen LogP) is 6.24. The van der Waals surface area contributed by atoms with E-state index in [1.807, 2.05) is 43.3 Å². The predicted molar refractivity (Wildman–Crippen MR) is 151 cm³/mol. The standard InChI is InChI=1S/C28H32ClN3O3S/c1-19(2)23-11-10-20(3)14-25(23)34-12-13-35-27-24(29)15-22(16-26(27)33-4)18-31-32-28(36)30-17-21-8-6-5-7-9-21/h5-11,14-16,18-19H,12-13,17H2,1-4H3,(H2,30,32,36)/b31-18-. The summed E-state index contributed by atoms with van der Waals surface area (Å²) >= 11 is 11.8. The van der Waals surface area contributed by atoms with Crippen molar-refractivity contribution in [1.82, 2.24) is 10.7 Å². The molecule has 36 heavy (non-hydrogen) atoms. The second kappa shape index (κ2) is 13.7. The summed E-state index contributed by atoms with van der Waals surface area (Å²) in [6.45, 7) is 7.65. The smallest absolute Gasteiger partial charge is 0.187 e. The molecule has 0 aliphatic rings. The average molecular weight is 526 g/mol. The summed E-state index contributed by atoms with van der Waals surface area (Å²) in [5.74, 6) is 2.21. The molecule has 3 aromatic rings. The van der Waals surface area contributed by atoms with E-state index in [1.54, 1.807) is 25.5 Å². The van der Waals surface area contributed by atoms with Gasteiger partial charge >= 0.3 is 0 Å². The van der Waals surface area contributed by atoms with Crippen molar-refractivity contribution in [1.29, 1.82) is 0 Å². The quantitative estimate of drug-likeness (QED) is 0.134. The van der Waals surface area contributed by atoms with E-state index in [0.29, 0.717) is 47.3 Å². The lowest BCUT2D eigenvalue weighted by molar-refractivity contribution is 0.210. The molecule has 0 aromatic heterocycles. The monoisotopic (exact) mass is 525 g/mol. The Morgan fingerprint density at radius 3 is 2.50 bits per heavy atom. The molecule has 0 spiro atoms. The van der Waals surface area contributed by atoms with Gasteiger partial charge in [-0.3, -0.25) is 5.43 Å². The number of halogens is 1. The molecule has 3 aromatic carbocycles. The van der Waals surface area contributed by atoms with Crippen molar-refractivity contribution in [2.75, 3.05) is 20.3 Å². The first-order chi connectivity index (χ1) is 17.4. The summed E-state index contributed by atoms with van der Waals surface area (Å²) in [5.41, 5.74) is 6.99. The van der Waals surface area contributed by atoms with Crippen LogP contribution in [0.1, 0.15) is 42.0 Å². The van der Waals surface area contributed by atoms with Crippen molar-refractivity contribution in [2.24, 2.45) is 5.10 Å². The molecule has 6 nitrogen and oxygen atoms in total. The van der Waals surface area contributed by atoms with E-state index in [9.17, 15) is 0 Å². The summed E-state index contributed by atoms with van der Waals surface area (Å²) in [4.78, 5) is 0. The fourth-order valence-corrected chi connectivity index (χ4v) is 3.88. The van der Waals surface area contributed by atoms with Gasteiger partial charge in [-0.2, -0.15) is 5.10 Å². The van der Waals surface area contributed by atoms with Gasteiger partial charge in [-0.25, -0.2) is 0 Å². The van der Waals surface area contributed by atoms with Crippen LogP contribution in [0.2, 0.25) is 5.02 Å². The van der Waals surface area contributed by atoms with Crippen molar-refractivity contribution in [3.63, 3.8) is 0 Å². The van der Waals surface area contributed by atoms with E-state index in [-0.39, 0.29) is 0 Å². The Morgan fingerprint density at radius 2 is 1.78 bits per heavy atom. The van der Waals surface area contributed by atoms with Crippen LogP contribution in [0.3, 0.4) is 0 Å². The van der Waals surface area contributed by atoms with Crippen molar-refractivity contribution in [2.45, 2.75) is 33.2 Å². The highest BCUT2D eigenvalue weighted by atomic mass is 35.5. The molecule has 3 rings (SSSR count). The number of nitrogens with one attached hydrogen (secondary N) is 2. The van der Waals surface area contributed by atoms with Crippen LogP contribution in [0.4, 0.5) is 0 Å². The number of nitrogens with zero attached hydrogens (tertiary/aromatic N) is 1. The lowest BCUT2D eigenvalue weighted by Gasteiger charge is -2.16. The molecular weight excluding hydrogens is 494 g/mol. The first kappa shape index (κ1) is 27.3. The maximum atomic E-state index is 6.49. The zero-order chi connectivity index (χ0) is 25.9. The molecule has 0 saturated heterocycles. The number of benzene rings is 3. The third-order valence-corrected chi connectivity index (χ3v) is 5.82. The van der Waals surface area contributed by atoms with Gasteiger partial charge in [0.15, 0.2) is 16.6 Å². The molecular formula is C28H32ClN3O3S. The van der Waals surface area contributed by atoms with Gasteiger partial charge in [0.25, 0.3) is 0 Å². The fraction of sp³-hybridized carbons (Fsp3) is 0.286. The molecule has 0 radical (unpaired) electrons. The van der Waals surface area contributed by atoms with Crippen LogP contribution >= 0.6 is 23.8 Å². The van der Waals surface area contributed by atoms with Crippen LogP contribution in [0.15, 0.2) is 65.8 Å². The van der Waals surface area contributed by atoms with E-state index in [1.165, 1.54) is 5.56 Å². The van der Waals surface area contributed by atoms with Gasteiger partial charge in [-0.05, 0) is 65.5 Å². The highest BCUT2D eigenvalue weighted by Gasteiger charge is 2.13. The summed E-state index contributed by atoms with van der Waals surface area (Å²) in [5, 5.41) is 8.12. The fourth-order valence-electron chi connectivity index (χ4n) is 3.48. The molecule has 0 aliphatic heterocycles. The lowest BCUT2D eigenvalue weighted by atomic mass is 10.0. The summed E-state index contributed by atoms with van der Waals surface area (Å²) in [6.07, 6.45) is 1.61. The number of aryl methyl sites for hydroxylation is 1. The van der Waals surface area contributed by atoms with Gasteiger partial charge in [0.2, 0.25) is 0 Å². The van der Waals surface area contributed by atoms with E-state index in [0.717, 1.165) is 22.4 Å². The number of hydrazone groups is 1.